The van der Waals surface area contributed by atoms with Crippen LogP contribution in [0.4, 0.5) is 5.69 Å². The van der Waals surface area contributed by atoms with Gasteiger partial charge in [-0.15, -0.1) is 0 Å². The summed E-state index contributed by atoms with van der Waals surface area (Å²) in [6.45, 7) is 2.37. The van der Waals surface area contributed by atoms with Crippen molar-refractivity contribution in [1.82, 2.24) is 5.32 Å². The number of nitro benzene ring substituents is 1. The van der Waals surface area contributed by atoms with E-state index in [-0.39, 0.29) is 25.3 Å². The van der Waals surface area contributed by atoms with Crippen molar-refractivity contribution in [1.29, 1.82) is 0 Å². The Kier molecular flexibility index (Phi) is 7.44. The number of ether oxygens (including phenoxy) is 2. The summed E-state index contributed by atoms with van der Waals surface area (Å²) in [6.07, 6.45) is 0.183. The number of rotatable bonds is 9. The van der Waals surface area contributed by atoms with Crippen molar-refractivity contribution in [2.75, 3.05) is 19.8 Å². The first-order chi connectivity index (χ1) is 13.3. The number of hydrogen-bond donors (Lipinski definition) is 2. The van der Waals surface area contributed by atoms with Crippen molar-refractivity contribution in [2.24, 2.45) is 5.92 Å². The van der Waals surface area contributed by atoms with Crippen LogP contribution in [0.2, 0.25) is 0 Å². The Bertz CT molecular complexity index is 728. The maximum absolute atomic E-state index is 12.4. The number of hydrogen-bond acceptors (Lipinski definition) is 7. The Morgan fingerprint density at radius 3 is 2.54 bits per heavy atom. The van der Waals surface area contributed by atoms with E-state index < -0.39 is 40.6 Å². The zero-order valence-corrected chi connectivity index (χ0v) is 15.3. The van der Waals surface area contributed by atoms with E-state index in [0.29, 0.717) is 18.6 Å². The number of nitro groups is 1. The highest BCUT2D eigenvalue weighted by atomic mass is 16.6. The molecule has 1 fully saturated rings. The number of aliphatic carboxylic acids is 1. The lowest BCUT2D eigenvalue weighted by atomic mass is 9.87. The predicted octanol–water partition coefficient (Wildman–Crippen LogP) is 1.24. The third-order valence-electron chi connectivity index (χ3n) is 4.49. The minimum Gasteiger partial charge on any atom is -0.480 e. The lowest BCUT2D eigenvalue weighted by Crippen LogP contribution is -2.47. The summed E-state index contributed by atoms with van der Waals surface area (Å²) < 4.78 is 10.1. The zero-order chi connectivity index (χ0) is 20.7. The van der Waals surface area contributed by atoms with E-state index in [1.807, 2.05) is 0 Å². The van der Waals surface area contributed by atoms with Crippen LogP contribution in [0, 0.1) is 16.0 Å². The van der Waals surface area contributed by atoms with Gasteiger partial charge < -0.3 is 19.9 Å². The average molecular weight is 394 g/mol. The summed E-state index contributed by atoms with van der Waals surface area (Å²) in [4.78, 5) is 46.5. The number of carbonyl (C=O) groups is 3. The van der Waals surface area contributed by atoms with Gasteiger partial charge in [-0.05, 0) is 18.9 Å². The van der Waals surface area contributed by atoms with Gasteiger partial charge in [-0.25, -0.2) is 4.79 Å². The molecule has 0 unspecified atom stereocenters. The van der Waals surface area contributed by atoms with Crippen molar-refractivity contribution in [3.8, 4) is 0 Å². The van der Waals surface area contributed by atoms with E-state index in [1.54, 1.807) is 6.92 Å². The van der Waals surface area contributed by atoms with Gasteiger partial charge in [-0.2, -0.15) is 0 Å². The fraction of sp³-hybridized carbons (Fsp3) is 0.500. The zero-order valence-electron chi connectivity index (χ0n) is 15.3. The maximum Gasteiger partial charge on any atom is 0.326 e. The van der Waals surface area contributed by atoms with Gasteiger partial charge in [0.2, 0.25) is 5.91 Å². The second kappa shape index (κ2) is 9.79. The van der Waals surface area contributed by atoms with E-state index in [2.05, 4.69) is 5.32 Å². The van der Waals surface area contributed by atoms with E-state index in [4.69, 9.17) is 9.47 Å². The number of non-ortho nitro benzene ring substituents is 1. The molecule has 0 aliphatic carbocycles. The number of carboxylic acid groups (broad SMARTS) is 1. The lowest BCUT2D eigenvalue weighted by molar-refractivity contribution is -0.384. The first-order valence-corrected chi connectivity index (χ1v) is 8.84. The number of nitrogens with zero attached hydrogens (tertiary/aromatic N) is 1. The Morgan fingerprint density at radius 2 is 2.04 bits per heavy atom. The Balaban J connectivity index is 2.29. The van der Waals surface area contributed by atoms with Gasteiger partial charge in [0, 0.05) is 24.7 Å². The van der Waals surface area contributed by atoms with Gasteiger partial charge in [0.15, 0.2) is 0 Å². The number of carboxylic acids is 1. The molecule has 1 aliphatic heterocycles. The quantitative estimate of drug-likeness (QED) is 0.361. The minimum atomic E-state index is -1.40. The third-order valence-corrected chi connectivity index (χ3v) is 4.49. The van der Waals surface area contributed by atoms with Gasteiger partial charge in [-0.1, -0.05) is 12.1 Å². The Labute approximate surface area is 161 Å². The summed E-state index contributed by atoms with van der Waals surface area (Å²) >= 11 is 0. The summed E-state index contributed by atoms with van der Waals surface area (Å²) in [5, 5.41) is 23.0. The van der Waals surface area contributed by atoms with Crippen LogP contribution in [-0.4, -0.2) is 53.7 Å². The third kappa shape index (κ3) is 5.49. The van der Waals surface area contributed by atoms with Crippen molar-refractivity contribution in [3.05, 3.63) is 39.9 Å². The molecule has 28 heavy (non-hydrogen) atoms. The van der Waals surface area contributed by atoms with E-state index in [0.717, 1.165) is 0 Å². The fourth-order valence-corrected chi connectivity index (χ4v) is 3.02. The number of nitrogens with one attached hydrogen (secondary N) is 1. The minimum absolute atomic E-state index is 0.120. The summed E-state index contributed by atoms with van der Waals surface area (Å²) in [6, 6.07) is 3.79. The second-order valence-electron chi connectivity index (χ2n) is 6.35. The van der Waals surface area contributed by atoms with E-state index in [1.165, 1.54) is 24.3 Å². The molecular weight excluding hydrogens is 372 g/mol. The van der Waals surface area contributed by atoms with Gasteiger partial charge in [0.1, 0.15) is 6.04 Å². The van der Waals surface area contributed by atoms with Crippen LogP contribution in [0.3, 0.4) is 0 Å². The van der Waals surface area contributed by atoms with Crippen molar-refractivity contribution < 1.29 is 33.9 Å². The van der Waals surface area contributed by atoms with E-state index in [9.17, 15) is 29.6 Å². The van der Waals surface area contributed by atoms with Crippen molar-refractivity contribution in [2.45, 2.75) is 31.7 Å². The molecule has 10 heteroatoms. The second-order valence-corrected chi connectivity index (χ2v) is 6.35. The van der Waals surface area contributed by atoms with Gasteiger partial charge in [0.25, 0.3) is 5.69 Å². The molecular formula is C18H22N2O8. The first-order valence-electron chi connectivity index (χ1n) is 8.84. The van der Waals surface area contributed by atoms with Crippen LogP contribution < -0.4 is 5.32 Å². The van der Waals surface area contributed by atoms with Crippen LogP contribution in [0.5, 0.6) is 0 Å². The Morgan fingerprint density at radius 1 is 1.36 bits per heavy atom. The van der Waals surface area contributed by atoms with Gasteiger partial charge in [-0.3, -0.25) is 19.7 Å². The molecule has 1 aromatic rings. The fourth-order valence-electron chi connectivity index (χ4n) is 3.02. The van der Waals surface area contributed by atoms with Crippen LogP contribution in [-0.2, 0) is 23.9 Å². The molecule has 0 saturated carbocycles. The summed E-state index contributed by atoms with van der Waals surface area (Å²) in [7, 11) is 0. The predicted molar refractivity (Wildman–Crippen MR) is 95.6 cm³/mol. The molecule has 152 valence electrons. The molecule has 1 heterocycles. The molecule has 2 N–H and O–H groups in total. The monoisotopic (exact) mass is 394 g/mol. The number of carbonyl (C=O) groups excluding carboxylic acids is 2. The molecule has 10 nitrogen and oxygen atoms in total. The normalized spacial score (nSPS) is 18.1. The van der Waals surface area contributed by atoms with Gasteiger partial charge in [0.05, 0.1) is 30.5 Å². The highest BCUT2D eigenvalue weighted by Crippen LogP contribution is 2.27. The topological polar surface area (TPSA) is 145 Å². The van der Waals surface area contributed by atoms with E-state index >= 15 is 0 Å². The Hall–Kier alpha value is -3.01. The van der Waals surface area contributed by atoms with Crippen LogP contribution in [0.15, 0.2) is 24.3 Å². The molecule has 2 rings (SSSR count). The molecule has 0 aromatic heterocycles. The number of benzene rings is 1. The maximum atomic E-state index is 12.4. The molecule has 0 radical (unpaired) electrons. The lowest BCUT2D eigenvalue weighted by Gasteiger charge is -2.25. The molecule has 1 aromatic carbocycles. The molecule has 0 spiro atoms. The first kappa shape index (κ1) is 21.3. The number of amides is 1. The summed E-state index contributed by atoms with van der Waals surface area (Å²) in [5.41, 5.74) is 0.201. The molecule has 3 atom stereocenters. The SMILES string of the molecule is CCOC(=O)C[C@H](c1ccc([N+](=O)[O-])cc1)[C@H](NC(=O)[C@@H]1CCOC1)C(=O)O. The highest BCUT2D eigenvalue weighted by Gasteiger charge is 2.35. The summed E-state index contributed by atoms with van der Waals surface area (Å²) in [5.74, 6) is -3.83. The smallest absolute Gasteiger partial charge is 0.326 e. The van der Waals surface area contributed by atoms with Crippen LogP contribution in [0.25, 0.3) is 0 Å². The molecule has 0 bridgehead atoms. The molecule has 1 aliphatic rings. The number of esters is 1. The standard InChI is InChI=1S/C18H22N2O8/c1-2-28-15(21)9-14(11-3-5-13(6-4-11)20(25)26)16(18(23)24)19-17(22)12-7-8-27-10-12/h3-6,12,14,16H,2,7-10H2,1H3,(H,19,22)(H,23,24)/t12-,14-,16+/m1/s1. The van der Waals surface area contributed by atoms with Gasteiger partial charge >= 0.3 is 11.9 Å². The molecule has 1 amide bonds. The largest absolute Gasteiger partial charge is 0.480 e. The van der Waals surface area contributed by atoms with Crippen molar-refractivity contribution in [3.63, 3.8) is 0 Å². The van der Waals surface area contributed by atoms with Crippen LogP contribution >= 0.6 is 0 Å². The highest BCUT2D eigenvalue weighted by molar-refractivity contribution is 5.86. The van der Waals surface area contributed by atoms with Crippen LogP contribution in [0.1, 0.15) is 31.2 Å². The van der Waals surface area contributed by atoms with Crippen molar-refractivity contribution >= 4 is 23.5 Å². The molecule has 1 saturated heterocycles. The average Bonchev–Trinajstić information content (AvgIpc) is 3.19.